The van der Waals surface area contributed by atoms with Gasteiger partial charge in [0.2, 0.25) is 0 Å². The van der Waals surface area contributed by atoms with E-state index in [-0.39, 0.29) is 0 Å². The van der Waals surface area contributed by atoms with Crippen LogP contribution in [0.1, 0.15) is 24.8 Å². The number of aromatic nitrogens is 1. The van der Waals surface area contributed by atoms with Gasteiger partial charge in [0.25, 0.3) is 0 Å². The van der Waals surface area contributed by atoms with Gasteiger partial charge in [-0.25, -0.2) is 0 Å². The zero-order valence-corrected chi connectivity index (χ0v) is 9.69. The Labute approximate surface area is 97.2 Å². The van der Waals surface area contributed by atoms with Gasteiger partial charge in [-0.05, 0) is 43.9 Å². The molecular formula is C13H20N2O. The van der Waals surface area contributed by atoms with Crippen LogP contribution in [-0.4, -0.2) is 30.8 Å². The molecule has 1 unspecified atom stereocenters. The monoisotopic (exact) mass is 220 g/mol. The quantitative estimate of drug-likeness (QED) is 0.840. The summed E-state index contributed by atoms with van der Waals surface area (Å²) in [6.45, 7) is 2.88. The maximum absolute atomic E-state index is 5.44. The van der Waals surface area contributed by atoms with E-state index in [4.69, 9.17) is 4.74 Å². The van der Waals surface area contributed by atoms with E-state index in [1.54, 1.807) is 0 Å². The Morgan fingerprint density at radius 1 is 1.38 bits per heavy atom. The van der Waals surface area contributed by atoms with E-state index in [9.17, 15) is 0 Å². The van der Waals surface area contributed by atoms with Crippen molar-refractivity contribution in [2.45, 2.75) is 31.7 Å². The van der Waals surface area contributed by atoms with E-state index in [1.165, 1.54) is 18.4 Å². The van der Waals surface area contributed by atoms with Gasteiger partial charge in [0.15, 0.2) is 0 Å². The molecule has 2 rings (SSSR count). The van der Waals surface area contributed by atoms with E-state index >= 15 is 0 Å². The van der Waals surface area contributed by atoms with Crippen molar-refractivity contribution in [3.63, 3.8) is 0 Å². The van der Waals surface area contributed by atoms with Crippen LogP contribution in [0, 0.1) is 0 Å². The third-order valence-electron chi connectivity index (χ3n) is 3.02. The SMILES string of the molecule is c1cncc(CCNC2CCCOCC2)c1. The Bertz CT molecular complexity index is 281. The average molecular weight is 220 g/mol. The predicted molar refractivity (Wildman–Crippen MR) is 64.4 cm³/mol. The highest BCUT2D eigenvalue weighted by Crippen LogP contribution is 2.08. The molecule has 1 aromatic rings. The summed E-state index contributed by atoms with van der Waals surface area (Å²) in [4.78, 5) is 4.12. The molecule has 0 amide bonds. The van der Waals surface area contributed by atoms with Gasteiger partial charge < -0.3 is 10.1 Å². The van der Waals surface area contributed by atoms with Crippen LogP contribution in [0.4, 0.5) is 0 Å². The van der Waals surface area contributed by atoms with Gasteiger partial charge in [-0.15, -0.1) is 0 Å². The second-order valence-electron chi connectivity index (χ2n) is 4.31. The van der Waals surface area contributed by atoms with E-state index < -0.39 is 0 Å². The Morgan fingerprint density at radius 3 is 3.25 bits per heavy atom. The molecular weight excluding hydrogens is 200 g/mol. The fourth-order valence-electron chi connectivity index (χ4n) is 2.07. The Kier molecular flexibility index (Phi) is 4.77. The molecule has 0 radical (unpaired) electrons. The van der Waals surface area contributed by atoms with Crippen molar-refractivity contribution in [1.29, 1.82) is 0 Å². The third kappa shape index (κ3) is 3.91. The minimum atomic E-state index is 0.638. The standard InChI is InChI=1S/C13H20N2O/c1-3-12(11-14-7-1)5-8-15-13-4-2-9-16-10-6-13/h1,3,7,11,13,15H,2,4-6,8-10H2. The highest BCUT2D eigenvalue weighted by Gasteiger charge is 2.10. The van der Waals surface area contributed by atoms with Crippen LogP contribution in [0.2, 0.25) is 0 Å². The number of rotatable bonds is 4. The van der Waals surface area contributed by atoms with Crippen molar-refractivity contribution in [3.8, 4) is 0 Å². The number of hydrogen-bond acceptors (Lipinski definition) is 3. The molecule has 1 saturated heterocycles. The first kappa shape index (κ1) is 11.6. The summed E-state index contributed by atoms with van der Waals surface area (Å²) < 4.78 is 5.44. The highest BCUT2D eigenvalue weighted by molar-refractivity contribution is 5.08. The number of pyridine rings is 1. The summed E-state index contributed by atoms with van der Waals surface area (Å²) in [6, 6.07) is 4.76. The molecule has 1 fully saturated rings. The first-order chi connectivity index (χ1) is 7.95. The maximum Gasteiger partial charge on any atom is 0.0480 e. The van der Waals surface area contributed by atoms with Crippen molar-refractivity contribution < 1.29 is 4.74 Å². The van der Waals surface area contributed by atoms with Gasteiger partial charge in [-0.3, -0.25) is 4.98 Å². The van der Waals surface area contributed by atoms with Crippen molar-refractivity contribution in [1.82, 2.24) is 10.3 Å². The smallest absolute Gasteiger partial charge is 0.0480 e. The van der Waals surface area contributed by atoms with Crippen molar-refractivity contribution >= 4 is 0 Å². The number of nitrogens with one attached hydrogen (secondary N) is 1. The lowest BCUT2D eigenvalue weighted by Gasteiger charge is -2.15. The van der Waals surface area contributed by atoms with Crippen LogP contribution < -0.4 is 5.32 Å². The van der Waals surface area contributed by atoms with Gasteiger partial charge in [-0.1, -0.05) is 6.07 Å². The fourth-order valence-corrected chi connectivity index (χ4v) is 2.07. The van der Waals surface area contributed by atoms with Gasteiger partial charge in [-0.2, -0.15) is 0 Å². The topological polar surface area (TPSA) is 34.2 Å². The average Bonchev–Trinajstić information content (AvgIpc) is 2.59. The second kappa shape index (κ2) is 6.61. The van der Waals surface area contributed by atoms with Crippen molar-refractivity contribution in [2.75, 3.05) is 19.8 Å². The summed E-state index contributed by atoms with van der Waals surface area (Å²) >= 11 is 0. The molecule has 1 aliphatic rings. The molecule has 1 aliphatic heterocycles. The van der Waals surface area contributed by atoms with Gasteiger partial charge in [0.05, 0.1) is 0 Å². The molecule has 88 valence electrons. The van der Waals surface area contributed by atoms with Gasteiger partial charge >= 0.3 is 0 Å². The van der Waals surface area contributed by atoms with Crippen LogP contribution in [-0.2, 0) is 11.2 Å². The first-order valence-electron chi connectivity index (χ1n) is 6.15. The summed E-state index contributed by atoms with van der Waals surface area (Å²) in [5.41, 5.74) is 1.31. The zero-order chi connectivity index (χ0) is 11.1. The second-order valence-corrected chi connectivity index (χ2v) is 4.31. The van der Waals surface area contributed by atoms with Crippen LogP contribution in [0.3, 0.4) is 0 Å². The number of hydrogen-bond donors (Lipinski definition) is 1. The molecule has 2 heterocycles. The molecule has 1 atom stereocenters. The molecule has 0 bridgehead atoms. The third-order valence-corrected chi connectivity index (χ3v) is 3.02. The van der Waals surface area contributed by atoms with Crippen LogP contribution in [0.25, 0.3) is 0 Å². The van der Waals surface area contributed by atoms with Crippen molar-refractivity contribution in [3.05, 3.63) is 30.1 Å². The summed E-state index contributed by atoms with van der Waals surface area (Å²) in [5, 5.41) is 3.60. The molecule has 0 spiro atoms. The molecule has 16 heavy (non-hydrogen) atoms. The van der Waals surface area contributed by atoms with Gasteiger partial charge in [0.1, 0.15) is 0 Å². The summed E-state index contributed by atoms with van der Waals surface area (Å²) in [5.74, 6) is 0. The lowest BCUT2D eigenvalue weighted by molar-refractivity contribution is 0.142. The largest absolute Gasteiger partial charge is 0.381 e. The molecule has 0 saturated carbocycles. The molecule has 3 nitrogen and oxygen atoms in total. The number of ether oxygens (including phenoxy) is 1. The van der Waals surface area contributed by atoms with Crippen LogP contribution in [0.5, 0.6) is 0 Å². The molecule has 3 heteroatoms. The summed E-state index contributed by atoms with van der Waals surface area (Å²) in [6.07, 6.45) is 8.40. The minimum Gasteiger partial charge on any atom is -0.381 e. The molecule has 1 aromatic heterocycles. The van der Waals surface area contributed by atoms with E-state index in [0.29, 0.717) is 6.04 Å². The fraction of sp³-hybridized carbons (Fsp3) is 0.615. The molecule has 0 aromatic carbocycles. The molecule has 0 aliphatic carbocycles. The van der Waals surface area contributed by atoms with E-state index in [0.717, 1.165) is 32.6 Å². The molecule has 1 N–H and O–H groups in total. The van der Waals surface area contributed by atoms with E-state index in [2.05, 4.69) is 16.4 Å². The first-order valence-corrected chi connectivity index (χ1v) is 6.15. The van der Waals surface area contributed by atoms with Crippen molar-refractivity contribution in [2.24, 2.45) is 0 Å². The highest BCUT2D eigenvalue weighted by atomic mass is 16.5. The zero-order valence-electron chi connectivity index (χ0n) is 9.69. The predicted octanol–water partition coefficient (Wildman–Crippen LogP) is 1.78. The Morgan fingerprint density at radius 2 is 2.38 bits per heavy atom. The maximum atomic E-state index is 5.44. The van der Waals surface area contributed by atoms with Crippen LogP contribution in [0.15, 0.2) is 24.5 Å². The lowest BCUT2D eigenvalue weighted by atomic mass is 10.1. The van der Waals surface area contributed by atoms with E-state index in [1.807, 2.05) is 18.5 Å². The Hall–Kier alpha value is -0.930. The Balaban J connectivity index is 1.67. The lowest BCUT2D eigenvalue weighted by Crippen LogP contribution is -2.31. The van der Waals surface area contributed by atoms with Crippen LogP contribution >= 0.6 is 0 Å². The number of nitrogens with zero attached hydrogens (tertiary/aromatic N) is 1. The summed E-state index contributed by atoms with van der Waals surface area (Å²) in [7, 11) is 0. The normalized spacial score (nSPS) is 21.6. The van der Waals surface area contributed by atoms with Gasteiger partial charge in [0, 0.05) is 31.6 Å². The minimum absolute atomic E-state index is 0.638.